The van der Waals surface area contributed by atoms with E-state index in [0.717, 1.165) is 12.8 Å². The number of nitrogens with zero attached hydrogens (tertiary/aromatic N) is 2. The lowest BCUT2D eigenvalue weighted by atomic mass is 10.1. The Morgan fingerprint density at radius 3 is 2.22 bits per heavy atom. The lowest BCUT2D eigenvalue weighted by molar-refractivity contribution is 0.0730. The molecule has 0 unspecified atom stereocenters. The molecule has 2 saturated heterocycles. The van der Waals surface area contributed by atoms with E-state index in [1.807, 2.05) is 0 Å². The van der Waals surface area contributed by atoms with E-state index in [1.54, 1.807) is 31.2 Å². The summed E-state index contributed by atoms with van der Waals surface area (Å²) in [6, 6.07) is 10.8. The molecule has 2 aliphatic heterocycles. The van der Waals surface area contributed by atoms with Gasteiger partial charge in [0, 0.05) is 31.7 Å². The molecule has 196 valence electrons. The zero-order valence-corrected chi connectivity index (χ0v) is 21.8. The quantitative estimate of drug-likeness (QED) is 0.482. The van der Waals surface area contributed by atoms with E-state index < -0.39 is 26.0 Å². The first kappa shape index (κ1) is 26.6. The minimum absolute atomic E-state index is 0.109. The lowest BCUT2D eigenvalue weighted by Gasteiger charge is -2.26. The maximum Gasteiger partial charge on any atom is 0.251 e. The molecule has 1 N–H and O–H groups in total. The van der Waals surface area contributed by atoms with Crippen LogP contribution < -0.4 is 10.1 Å². The summed E-state index contributed by atoms with van der Waals surface area (Å²) in [6.45, 7) is 4.38. The molecule has 10 nitrogen and oxygen atoms in total. The van der Waals surface area contributed by atoms with Crippen molar-refractivity contribution in [3.63, 3.8) is 0 Å². The highest BCUT2D eigenvalue weighted by atomic mass is 32.2. The van der Waals surface area contributed by atoms with Gasteiger partial charge in [-0.15, -0.1) is 0 Å². The van der Waals surface area contributed by atoms with Crippen LogP contribution in [0.25, 0.3) is 0 Å². The number of carbonyl (C=O) groups excluding carboxylic acids is 1. The molecule has 36 heavy (non-hydrogen) atoms. The topological polar surface area (TPSA) is 122 Å². The molecule has 0 radical (unpaired) electrons. The number of amides is 1. The van der Waals surface area contributed by atoms with Gasteiger partial charge in [0.2, 0.25) is 20.0 Å². The highest BCUT2D eigenvalue weighted by molar-refractivity contribution is 7.89. The Morgan fingerprint density at radius 2 is 1.56 bits per heavy atom. The Morgan fingerprint density at radius 1 is 0.917 bits per heavy atom. The normalized spacial score (nSPS) is 17.7. The Labute approximate surface area is 212 Å². The second-order valence-corrected chi connectivity index (χ2v) is 12.5. The van der Waals surface area contributed by atoms with Crippen LogP contribution in [0, 0.1) is 6.92 Å². The van der Waals surface area contributed by atoms with Crippen molar-refractivity contribution in [2.75, 3.05) is 52.5 Å². The lowest BCUT2D eigenvalue weighted by Crippen LogP contribution is -2.41. The number of nitrogens with one attached hydrogen (secondary N) is 1. The van der Waals surface area contributed by atoms with Gasteiger partial charge in [0.25, 0.3) is 5.91 Å². The summed E-state index contributed by atoms with van der Waals surface area (Å²) in [7, 11) is -7.21. The van der Waals surface area contributed by atoms with Crippen LogP contribution in [-0.2, 0) is 24.8 Å². The number of rotatable bonds is 9. The van der Waals surface area contributed by atoms with Crippen molar-refractivity contribution >= 4 is 26.0 Å². The van der Waals surface area contributed by atoms with E-state index in [4.69, 9.17) is 9.47 Å². The molecule has 0 atom stereocenters. The van der Waals surface area contributed by atoms with Crippen LogP contribution in [0.4, 0.5) is 0 Å². The molecule has 0 saturated carbocycles. The average molecular weight is 538 g/mol. The van der Waals surface area contributed by atoms with E-state index in [9.17, 15) is 21.6 Å². The van der Waals surface area contributed by atoms with Gasteiger partial charge in [-0.1, -0.05) is 6.07 Å². The minimum Gasteiger partial charge on any atom is -0.492 e. The number of benzene rings is 2. The fourth-order valence-electron chi connectivity index (χ4n) is 4.17. The standard InChI is InChI=1S/C24H31N3O7S2/c1-19-4-5-20(18-23(19)36(31,32)27-13-16-33-17-14-27)24(28)25-10-15-34-21-6-8-22(9-7-21)35(29,30)26-11-2-3-12-26/h4-9,18H,2-3,10-17H2,1H3,(H,25,28). The third kappa shape index (κ3) is 5.89. The Bertz CT molecular complexity index is 1280. The van der Waals surface area contributed by atoms with Crippen molar-refractivity contribution in [3.8, 4) is 5.75 Å². The summed E-state index contributed by atoms with van der Waals surface area (Å²) >= 11 is 0. The summed E-state index contributed by atoms with van der Waals surface area (Å²) < 4.78 is 65.0. The second-order valence-electron chi connectivity index (χ2n) is 8.68. The third-order valence-corrected chi connectivity index (χ3v) is 10.2. The monoisotopic (exact) mass is 537 g/mol. The second kappa shape index (κ2) is 11.3. The summed E-state index contributed by atoms with van der Waals surface area (Å²) in [6.07, 6.45) is 1.75. The van der Waals surface area contributed by atoms with Crippen molar-refractivity contribution < 1.29 is 31.1 Å². The van der Waals surface area contributed by atoms with Gasteiger partial charge in [0.1, 0.15) is 12.4 Å². The van der Waals surface area contributed by atoms with Crippen LogP contribution in [0.3, 0.4) is 0 Å². The highest BCUT2D eigenvalue weighted by Crippen LogP contribution is 2.24. The molecule has 0 aromatic heterocycles. The third-order valence-electron chi connectivity index (χ3n) is 6.22. The fourth-order valence-corrected chi connectivity index (χ4v) is 7.34. The van der Waals surface area contributed by atoms with Crippen molar-refractivity contribution in [3.05, 3.63) is 53.6 Å². The van der Waals surface area contributed by atoms with Crippen LogP contribution in [-0.4, -0.2) is 83.9 Å². The van der Waals surface area contributed by atoms with Gasteiger partial charge in [-0.3, -0.25) is 4.79 Å². The van der Waals surface area contributed by atoms with Crippen molar-refractivity contribution in [1.82, 2.24) is 13.9 Å². The predicted octanol–water partition coefficient (Wildman–Crippen LogP) is 1.61. The first-order chi connectivity index (χ1) is 17.2. The molecule has 12 heteroatoms. The average Bonchev–Trinajstić information content (AvgIpc) is 3.44. The maximum absolute atomic E-state index is 13.0. The van der Waals surface area contributed by atoms with Crippen LogP contribution in [0.2, 0.25) is 0 Å². The number of sulfonamides is 2. The zero-order chi connectivity index (χ0) is 25.8. The Kier molecular flexibility index (Phi) is 8.30. The number of ether oxygens (including phenoxy) is 2. The molecular formula is C24H31N3O7S2. The van der Waals surface area contributed by atoms with Crippen molar-refractivity contribution in [1.29, 1.82) is 0 Å². The first-order valence-corrected chi connectivity index (χ1v) is 14.8. The molecule has 2 aromatic rings. The van der Waals surface area contributed by atoms with Crippen LogP contribution in [0.5, 0.6) is 5.75 Å². The van der Waals surface area contributed by atoms with E-state index in [-0.39, 0.29) is 41.6 Å². The van der Waals surface area contributed by atoms with Crippen LogP contribution in [0.1, 0.15) is 28.8 Å². The van der Waals surface area contributed by atoms with E-state index in [2.05, 4.69) is 5.32 Å². The molecule has 0 spiro atoms. The smallest absolute Gasteiger partial charge is 0.251 e. The van der Waals surface area contributed by atoms with Gasteiger partial charge in [0.05, 0.1) is 29.5 Å². The van der Waals surface area contributed by atoms with E-state index in [1.165, 1.54) is 26.8 Å². The fraction of sp³-hybridized carbons (Fsp3) is 0.458. The maximum atomic E-state index is 13.0. The molecule has 0 bridgehead atoms. The molecular weight excluding hydrogens is 506 g/mol. The van der Waals surface area contributed by atoms with E-state index in [0.29, 0.717) is 37.6 Å². The van der Waals surface area contributed by atoms with Gasteiger partial charge in [-0.05, 0) is 61.7 Å². The number of aryl methyl sites for hydroxylation is 1. The van der Waals surface area contributed by atoms with Crippen LogP contribution >= 0.6 is 0 Å². The molecule has 2 fully saturated rings. The Hall–Kier alpha value is -2.51. The number of morpholine rings is 1. The highest BCUT2D eigenvalue weighted by Gasteiger charge is 2.29. The summed E-state index contributed by atoms with van der Waals surface area (Å²) in [5.74, 6) is 0.0722. The summed E-state index contributed by atoms with van der Waals surface area (Å²) in [5.41, 5.74) is 0.806. The zero-order valence-electron chi connectivity index (χ0n) is 20.2. The van der Waals surface area contributed by atoms with Gasteiger partial charge >= 0.3 is 0 Å². The largest absolute Gasteiger partial charge is 0.492 e. The molecule has 4 rings (SSSR count). The van der Waals surface area contributed by atoms with Gasteiger partial charge in [0.15, 0.2) is 0 Å². The first-order valence-electron chi connectivity index (χ1n) is 11.9. The number of hydrogen-bond donors (Lipinski definition) is 1. The molecule has 1 amide bonds. The molecule has 2 heterocycles. The predicted molar refractivity (Wildman–Crippen MR) is 133 cm³/mol. The van der Waals surface area contributed by atoms with Gasteiger partial charge in [-0.2, -0.15) is 8.61 Å². The summed E-state index contributed by atoms with van der Waals surface area (Å²) in [4.78, 5) is 13.0. The van der Waals surface area contributed by atoms with Crippen molar-refractivity contribution in [2.24, 2.45) is 0 Å². The minimum atomic E-state index is -3.73. The molecule has 2 aromatic carbocycles. The van der Waals surface area contributed by atoms with E-state index >= 15 is 0 Å². The molecule has 2 aliphatic rings. The van der Waals surface area contributed by atoms with Crippen LogP contribution in [0.15, 0.2) is 52.3 Å². The summed E-state index contributed by atoms with van der Waals surface area (Å²) in [5, 5.41) is 2.72. The number of carbonyl (C=O) groups is 1. The van der Waals surface area contributed by atoms with Gasteiger partial charge < -0.3 is 14.8 Å². The molecule has 0 aliphatic carbocycles. The Balaban J connectivity index is 1.31. The van der Waals surface area contributed by atoms with Crippen molar-refractivity contribution in [2.45, 2.75) is 29.6 Å². The van der Waals surface area contributed by atoms with Gasteiger partial charge in [-0.25, -0.2) is 16.8 Å². The number of hydrogen-bond acceptors (Lipinski definition) is 7. The SMILES string of the molecule is Cc1ccc(C(=O)NCCOc2ccc(S(=O)(=O)N3CCCC3)cc2)cc1S(=O)(=O)N1CCOCC1.